The van der Waals surface area contributed by atoms with E-state index in [0.717, 1.165) is 38.3 Å². The first kappa shape index (κ1) is 31.0. The van der Waals surface area contributed by atoms with Crippen LogP contribution in [-0.4, -0.2) is 84.9 Å². The Balaban J connectivity index is 1.62. The number of rotatable bonds is 8. The predicted octanol–water partition coefficient (Wildman–Crippen LogP) is 5.08. The van der Waals surface area contributed by atoms with Crippen molar-refractivity contribution in [2.45, 2.75) is 71.1 Å². The molecule has 0 spiro atoms. The Morgan fingerprint density at radius 3 is 2.56 bits per heavy atom. The maximum atomic E-state index is 14.2. The van der Waals surface area contributed by atoms with E-state index in [1.54, 1.807) is 35.2 Å². The molecule has 0 saturated heterocycles. The van der Waals surface area contributed by atoms with Crippen LogP contribution in [0.3, 0.4) is 0 Å². The second-order valence-corrected chi connectivity index (χ2v) is 12.0. The Morgan fingerprint density at radius 2 is 1.85 bits per heavy atom. The minimum Gasteiger partial charge on any atom is -0.490 e. The van der Waals surface area contributed by atoms with Crippen LogP contribution >= 0.6 is 0 Å². The topological polar surface area (TPSA) is 91.3 Å². The molecule has 8 heteroatoms. The predicted molar refractivity (Wildman–Crippen MR) is 161 cm³/mol. The number of nitrogens with zero attached hydrogens (tertiary/aromatic N) is 2. The first-order valence-corrected chi connectivity index (χ1v) is 15.1. The van der Waals surface area contributed by atoms with E-state index < -0.39 is 6.04 Å². The van der Waals surface area contributed by atoms with Gasteiger partial charge in [-0.3, -0.25) is 9.59 Å². The number of carbonyl (C=O) groups excluding carboxylic acids is 2. The fourth-order valence-electron chi connectivity index (χ4n) is 5.38. The van der Waals surface area contributed by atoms with Crippen molar-refractivity contribution >= 4 is 17.5 Å². The SMILES string of the molecule is C[C@@H]1CCCCO[C@H](CN(C)CC2CC2)[C@H](C)CN([C@@H](C)CO)C(=O)c2cc(NC(=O)c3ccccc3)ccc2O1. The summed E-state index contributed by atoms with van der Waals surface area (Å²) in [4.78, 5) is 31.2. The van der Waals surface area contributed by atoms with Crippen LogP contribution in [0.25, 0.3) is 0 Å². The molecule has 4 atom stereocenters. The number of likely N-dealkylation sites (N-methyl/N-ethyl adjacent to an activating group) is 1. The van der Waals surface area contributed by atoms with Crippen LogP contribution < -0.4 is 10.1 Å². The standard InChI is InChI=1S/C33H47N3O5/c1-23-19-36(24(2)22-37)33(39)29-18-28(34-32(38)27-11-6-5-7-12-27)15-16-30(29)41-25(3)10-8-9-17-40-31(23)21-35(4)20-26-13-14-26/h5-7,11-12,15-16,18,23-26,31,37H,8-10,13-14,17,19-22H2,1-4H3,(H,34,38)/t23-,24+,25-,31-/m1/s1. The molecule has 0 radical (unpaired) electrons. The minimum absolute atomic E-state index is 0.0347. The number of fused-ring (bicyclic) bond motifs is 1. The summed E-state index contributed by atoms with van der Waals surface area (Å²) < 4.78 is 12.7. The highest BCUT2D eigenvalue weighted by atomic mass is 16.5. The van der Waals surface area contributed by atoms with Gasteiger partial charge in [-0.2, -0.15) is 0 Å². The van der Waals surface area contributed by atoms with E-state index in [1.165, 1.54) is 12.8 Å². The summed E-state index contributed by atoms with van der Waals surface area (Å²) in [7, 11) is 2.15. The Morgan fingerprint density at radius 1 is 1.10 bits per heavy atom. The molecule has 1 saturated carbocycles. The molecule has 1 aliphatic carbocycles. The van der Waals surface area contributed by atoms with Gasteiger partial charge in [-0.15, -0.1) is 0 Å². The van der Waals surface area contributed by atoms with Gasteiger partial charge in [0.05, 0.1) is 30.4 Å². The lowest BCUT2D eigenvalue weighted by molar-refractivity contribution is -0.0172. The molecule has 0 unspecified atom stereocenters. The molecule has 2 aromatic carbocycles. The summed E-state index contributed by atoms with van der Waals surface area (Å²) >= 11 is 0. The third-order valence-corrected chi connectivity index (χ3v) is 8.10. The van der Waals surface area contributed by atoms with Crippen LogP contribution in [0.4, 0.5) is 5.69 Å². The third-order valence-electron chi connectivity index (χ3n) is 8.10. The molecule has 224 valence electrons. The Bertz CT molecular complexity index is 1140. The van der Waals surface area contributed by atoms with Crippen molar-refractivity contribution in [3.05, 3.63) is 59.7 Å². The average Bonchev–Trinajstić information content (AvgIpc) is 3.78. The molecule has 0 aromatic heterocycles. The number of anilines is 1. The molecule has 1 aliphatic heterocycles. The molecule has 0 bridgehead atoms. The summed E-state index contributed by atoms with van der Waals surface area (Å²) in [5.41, 5.74) is 1.41. The number of ether oxygens (including phenoxy) is 2. The lowest BCUT2D eigenvalue weighted by atomic mass is 10.0. The normalized spacial score (nSPS) is 23.3. The summed E-state index contributed by atoms with van der Waals surface area (Å²) in [6, 6.07) is 13.8. The summed E-state index contributed by atoms with van der Waals surface area (Å²) in [6.45, 7) is 8.80. The van der Waals surface area contributed by atoms with E-state index in [4.69, 9.17) is 9.47 Å². The zero-order chi connectivity index (χ0) is 29.4. The molecule has 2 aliphatic rings. The Kier molecular flexibility index (Phi) is 11.2. The van der Waals surface area contributed by atoms with E-state index in [9.17, 15) is 14.7 Å². The van der Waals surface area contributed by atoms with Crippen molar-refractivity contribution < 1.29 is 24.2 Å². The van der Waals surface area contributed by atoms with Crippen molar-refractivity contribution in [3.8, 4) is 5.75 Å². The van der Waals surface area contributed by atoms with Crippen LogP contribution in [0.1, 0.15) is 73.6 Å². The number of amides is 2. The van der Waals surface area contributed by atoms with Gasteiger partial charge in [-0.1, -0.05) is 25.1 Å². The van der Waals surface area contributed by atoms with Crippen LogP contribution in [0.15, 0.2) is 48.5 Å². The minimum atomic E-state index is -0.407. The van der Waals surface area contributed by atoms with Gasteiger partial charge in [0.15, 0.2) is 0 Å². The first-order chi connectivity index (χ1) is 19.7. The van der Waals surface area contributed by atoms with E-state index in [2.05, 4.69) is 24.2 Å². The quantitative estimate of drug-likeness (QED) is 0.464. The highest BCUT2D eigenvalue weighted by Crippen LogP contribution is 2.31. The zero-order valence-electron chi connectivity index (χ0n) is 25.1. The zero-order valence-corrected chi connectivity index (χ0v) is 25.1. The Hall–Kier alpha value is -2.94. The lowest BCUT2D eigenvalue weighted by Gasteiger charge is -2.36. The van der Waals surface area contributed by atoms with Gasteiger partial charge in [0, 0.05) is 43.4 Å². The van der Waals surface area contributed by atoms with Crippen LogP contribution in [0, 0.1) is 11.8 Å². The molecule has 2 N–H and O–H groups in total. The molecular formula is C33H47N3O5. The maximum absolute atomic E-state index is 14.2. The fraction of sp³-hybridized carbons (Fsp3) is 0.576. The molecule has 2 amide bonds. The smallest absolute Gasteiger partial charge is 0.258 e. The second-order valence-electron chi connectivity index (χ2n) is 12.0. The number of benzene rings is 2. The molecule has 2 aromatic rings. The fourth-order valence-corrected chi connectivity index (χ4v) is 5.38. The van der Waals surface area contributed by atoms with Gasteiger partial charge in [0.25, 0.3) is 11.8 Å². The monoisotopic (exact) mass is 565 g/mol. The van der Waals surface area contributed by atoms with Crippen LogP contribution in [0.5, 0.6) is 5.75 Å². The largest absolute Gasteiger partial charge is 0.490 e. The Labute approximate surface area is 245 Å². The highest BCUT2D eigenvalue weighted by Gasteiger charge is 2.31. The number of aliphatic hydroxyl groups is 1. The van der Waals surface area contributed by atoms with Crippen molar-refractivity contribution in [1.29, 1.82) is 0 Å². The summed E-state index contributed by atoms with van der Waals surface area (Å²) in [6.07, 6.45) is 5.20. The second kappa shape index (κ2) is 14.8. The van der Waals surface area contributed by atoms with Gasteiger partial charge in [-0.25, -0.2) is 0 Å². The molecule has 8 nitrogen and oxygen atoms in total. The van der Waals surface area contributed by atoms with Crippen LogP contribution in [-0.2, 0) is 4.74 Å². The number of hydrogen-bond acceptors (Lipinski definition) is 6. The number of hydrogen-bond donors (Lipinski definition) is 2. The van der Waals surface area contributed by atoms with E-state index in [1.807, 2.05) is 32.0 Å². The van der Waals surface area contributed by atoms with Crippen molar-refractivity contribution in [1.82, 2.24) is 9.80 Å². The summed E-state index contributed by atoms with van der Waals surface area (Å²) in [5, 5.41) is 13.1. The van der Waals surface area contributed by atoms with Gasteiger partial charge in [0.2, 0.25) is 0 Å². The van der Waals surface area contributed by atoms with Crippen molar-refractivity contribution in [3.63, 3.8) is 0 Å². The molecule has 41 heavy (non-hydrogen) atoms. The van der Waals surface area contributed by atoms with Gasteiger partial charge in [0.1, 0.15) is 5.75 Å². The summed E-state index contributed by atoms with van der Waals surface area (Å²) in [5.74, 6) is 0.825. The van der Waals surface area contributed by atoms with E-state index in [0.29, 0.717) is 35.7 Å². The average molecular weight is 566 g/mol. The number of aliphatic hydroxyl groups excluding tert-OH is 1. The number of nitrogens with one attached hydrogen (secondary N) is 1. The third kappa shape index (κ3) is 9.02. The van der Waals surface area contributed by atoms with Crippen LogP contribution in [0.2, 0.25) is 0 Å². The van der Waals surface area contributed by atoms with E-state index in [-0.39, 0.29) is 36.5 Å². The molecular weight excluding hydrogens is 518 g/mol. The highest BCUT2D eigenvalue weighted by molar-refractivity contribution is 6.05. The first-order valence-electron chi connectivity index (χ1n) is 15.1. The number of carbonyl (C=O) groups is 2. The molecule has 1 fully saturated rings. The van der Waals surface area contributed by atoms with Gasteiger partial charge >= 0.3 is 0 Å². The van der Waals surface area contributed by atoms with Crippen molar-refractivity contribution in [2.24, 2.45) is 11.8 Å². The van der Waals surface area contributed by atoms with Gasteiger partial charge < -0.3 is 29.7 Å². The van der Waals surface area contributed by atoms with Crippen molar-refractivity contribution in [2.75, 3.05) is 45.2 Å². The lowest BCUT2D eigenvalue weighted by Crippen LogP contribution is -2.47. The molecule has 1 heterocycles. The van der Waals surface area contributed by atoms with Gasteiger partial charge in [-0.05, 0) is 89.2 Å². The maximum Gasteiger partial charge on any atom is 0.258 e. The van der Waals surface area contributed by atoms with E-state index >= 15 is 0 Å². The molecule has 4 rings (SSSR count).